The van der Waals surface area contributed by atoms with Crippen LogP contribution in [-0.2, 0) is 4.79 Å². The number of azo groups is 1. The van der Waals surface area contributed by atoms with E-state index in [0.29, 0.717) is 12.5 Å². The Bertz CT molecular complexity index is 715. The van der Waals surface area contributed by atoms with Gasteiger partial charge in [0.1, 0.15) is 0 Å². The zero-order valence-corrected chi connectivity index (χ0v) is 16.1. The van der Waals surface area contributed by atoms with Gasteiger partial charge in [-0.25, -0.2) is 0 Å². The molecule has 2 aliphatic carbocycles. The van der Waals surface area contributed by atoms with Crippen LogP contribution in [0.5, 0.6) is 0 Å². The van der Waals surface area contributed by atoms with E-state index in [9.17, 15) is 4.79 Å². The highest BCUT2D eigenvalue weighted by Crippen LogP contribution is 2.21. The molecule has 3 N–H and O–H groups in total. The first-order valence-electron chi connectivity index (χ1n) is 9.73. The molecule has 0 spiro atoms. The first-order valence-corrected chi connectivity index (χ1v) is 9.73. The lowest BCUT2D eigenvalue weighted by Gasteiger charge is -2.29. The molecule has 3 rings (SSSR count). The van der Waals surface area contributed by atoms with Gasteiger partial charge in [0.15, 0.2) is 0 Å². The van der Waals surface area contributed by atoms with E-state index < -0.39 is 0 Å². The van der Waals surface area contributed by atoms with Crippen LogP contribution < -0.4 is 16.0 Å². The van der Waals surface area contributed by atoms with Gasteiger partial charge in [-0.3, -0.25) is 4.79 Å². The van der Waals surface area contributed by atoms with Crippen molar-refractivity contribution in [2.75, 3.05) is 19.4 Å². The normalized spacial score (nSPS) is 25.3. The molecule has 0 aromatic heterocycles. The Morgan fingerprint density at radius 1 is 1.04 bits per heavy atom. The van der Waals surface area contributed by atoms with E-state index in [1.165, 1.54) is 0 Å². The molecule has 6 nitrogen and oxygen atoms in total. The van der Waals surface area contributed by atoms with Crippen molar-refractivity contribution >= 4 is 17.3 Å². The number of hydrogen-bond acceptors (Lipinski definition) is 5. The predicted molar refractivity (Wildman–Crippen MR) is 109 cm³/mol. The summed E-state index contributed by atoms with van der Waals surface area (Å²) < 4.78 is 0. The molecule has 144 valence electrons. The summed E-state index contributed by atoms with van der Waals surface area (Å²) in [5, 5.41) is 18.2. The smallest absolute Gasteiger partial charge is 0.251 e. The highest BCUT2D eigenvalue weighted by atomic mass is 16.1. The highest BCUT2D eigenvalue weighted by Gasteiger charge is 2.22. The quantitative estimate of drug-likeness (QED) is 0.671. The molecule has 0 bridgehead atoms. The molecule has 6 heteroatoms. The van der Waals surface area contributed by atoms with Gasteiger partial charge in [0.25, 0.3) is 5.91 Å². The summed E-state index contributed by atoms with van der Waals surface area (Å²) in [5.74, 6) is 0.0252. The van der Waals surface area contributed by atoms with Crippen LogP contribution in [0, 0.1) is 0 Å². The molecule has 0 aliphatic heterocycles. The zero-order valence-electron chi connectivity index (χ0n) is 16.1. The Morgan fingerprint density at radius 3 is 2.33 bits per heavy atom. The van der Waals surface area contributed by atoms with Crippen molar-refractivity contribution in [1.29, 1.82) is 0 Å². The average molecular weight is 367 g/mol. The molecule has 27 heavy (non-hydrogen) atoms. The van der Waals surface area contributed by atoms with E-state index in [0.717, 1.165) is 42.6 Å². The lowest BCUT2D eigenvalue weighted by atomic mass is 9.91. The molecule has 0 radical (unpaired) electrons. The predicted octanol–water partition coefficient (Wildman–Crippen LogP) is 3.71. The average Bonchev–Trinajstić information content (AvgIpc) is 2.73. The van der Waals surface area contributed by atoms with Gasteiger partial charge in [0.05, 0.1) is 11.7 Å². The van der Waals surface area contributed by atoms with Gasteiger partial charge in [-0.15, -0.1) is 0 Å². The minimum atomic E-state index is -0.0170. The van der Waals surface area contributed by atoms with E-state index in [1.807, 2.05) is 56.6 Å². The van der Waals surface area contributed by atoms with Crippen molar-refractivity contribution in [2.45, 2.75) is 50.2 Å². The van der Waals surface area contributed by atoms with E-state index in [2.05, 4.69) is 26.2 Å². The fourth-order valence-electron chi connectivity index (χ4n) is 3.49. The fourth-order valence-corrected chi connectivity index (χ4v) is 3.49. The summed E-state index contributed by atoms with van der Waals surface area (Å²) >= 11 is 0. The van der Waals surface area contributed by atoms with Crippen LogP contribution in [0.4, 0.5) is 11.4 Å². The largest absolute Gasteiger partial charge is 0.388 e. The van der Waals surface area contributed by atoms with E-state index >= 15 is 0 Å². The second kappa shape index (κ2) is 9.46. The third-order valence-corrected chi connectivity index (χ3v) is 5.29. The second-order valence-corrected chi connectivity index (χ2v) is 7.14. The summed E-state index contributed by atoms with van der Waals surface area (Å²) in [6.45, 7) is 0. The Morgan fingerprint density at radius 2 is 1.74 bits per heavy atom. The fraction of sp³-hybridized carbons (Fsp3) is 0.476. The molecule has 0 heterocycles. The van der Waals surface area contributed by atoms with Crippen LogP contribution >= 0.6 is 0 Å². The number of hydrogen-bond donors (Lipinski definition) is 3. The first kappa shape index (κ1) is 19.3. The Balaban J connectivity index is 1.47. The number of anilines is 1. The number of benzene rings is 1. The van der Waals surface area contributed by atoms with Gasteiger partial charge in [0.2, 0.25) is 0 Å². The van der Waals surface area contributed by atoms with Gasteiger partial charge in [-0.1, -0.05) is 18.2 Å². The molecule has 1 aromatic carbocycles. The first-order chi connectivity index (χ1) is 13.2. The van der Waals surface area contributed by atoms with Crippen molar-refractivity contribution in [3.8, 4) is 0 Å². The molecule has 1 saturated carbocycles. The summed E-state index contributed by atoms with van der Waals surface area (Å²) in [5.41, 5.74) is 2.60. The Kier molecular flexibility index (Phi) is 6.76. The molecule has 1 fully saturated rings. The molecular formula is C21H29N5O. The maximum absolute atomic E-state index is 12.5. The number of amides is 1. The summed E-state index contributed by atoms with van der Waals surface area (Å²) in [6.07, 6.45) is 10.8. The lowest BCUT2D eigenvalue weighted by molar-refractivity contribution is -0.118. The minimum absolute atomic E-state index is 0.0170. The van der Waals surface area contributed by atoms with Gasteiger partial charge in [-0.05, 0) is 63.4 Å². The zero-order chi connectivity index (χ0) is 19.1. The number of nitrogens with zero attached hydrogens (tertiary/aromatic N) is 2. The van der Waals surface area contributed by atoms with Crippen LogP contribution in [0.3, 0.4) is 0 Å². The molecule has 0 saturated heterocycles. The van der Waals surface area contributed by atoms with Gasteiger partial charge < -0.3 is 16.0 Å². The minimum Gasteiger partial charge on any atom is -0.388 e. The van der Waals surface area contributed by atoms with Crippen LogP contribution in [0.25, 0.3) is 0 Å². The number of carbonyl (C=O) groups excluding carboxylic acids is 1. The summed E-state index contributed by atoms with van der Waals surface area (Å²) in [6, 6.07) is 8.66. The van der Waals surface area contributed by atoms with Gasteiger partial charge in [0, 0.05) is 30.4 Å². The molecular weight excluding hydrogens is 338 g/mol. The van der Waals surface area contributed by atoms with Crippen LogP contribution in [-0.4, -0.2) is 38.1 Å². The summed E-state index contributed by atoms with van der Waals surface area (Å²) in [4.78, 5) is 12.5. The third-order valence-electron chi connectivity index (χ3n) is 5.29. The van der Waals surface area contributed by atoms with E-state index in [-0.39, 0.29) is 18.0 Å². The van der Waals surface area contributed by atoms with Gasteiger partial charge in [-0.2, -0.15) is 10.2 Å². The third kappa shape index (κ3) is 5.50. The molecule has 1 atom stereocenters. The van der Waals surface area contributed by atoms with Crippen LogP contribution in [0.15, 0.2) is 58.3 Å². The van der Waals surface area contributed by atoms with Crippen molar-refractivity contribution < 1.29 is 4.79 Å². The monoisotopic (exact) mass is 367 g/mol. The van der Waals surface area contributed by atoms with Crippen molar-refractivity contribution in [1.82, 2.24) is 10.6 Å². The Hall–Kier alpha value is -2.47. The molecule has 2 aliphatic rings. The maximum atomic E-state index is 12.5. The Labute approximate surface area is 161 Å². The van der Waals surface area contributed by atoms with Crippen molar-refractivity contribution in [3.05, 3.63) is 48.1 Å². The van der Waals surface area contributed by atoms with E-state index in [1.54, 1.807) is 0 Å². The molecule has 1 unspecified atom stereocenters. The van der Waals surface area contributed by atoms with Gasteiger partial charge >= 0.3 is 0 Å². The maximum Gasteiger partial charge on any atom is 0.251 e. The van der Waals surface area contributed by atoms with Crippen LogP contribution in [0.2, 0.25) is 0 Å². The summed E-state index contributed by atoms with van der Waals surface area (Å²) in [7, 11) is 3.89. The highest BCUT2D eigenvalue weighted by molar-refractivity contribution is 5.96. The molecule has 1 amide bonds. The van der Waals surface area contributed by atoms with Crippen LogP contribution in [0.1, 0.15) is 32.1 Å². The van der Waals surface area contributed by atoms with Crippen molar-refractivity contribution in [3.63, 3.8) is 0 Å². The second-order valence-electron chi connectivity index (χ2n) is 7.14. The lowest BCUT2D eigenvalue weighted by Crippen LogP contribution is -2.41. The van der Waals surface area contributed by atoms with E-state index in [4.69, 9.17) is 0 Å². The topological polar surface area (TPSA) is 77.9 Å². The standard InChI is InChI=1S/C21H29N5O/c1-22-16-7-11-18(12-8-16)24-21(27)15-3-5-19(6-4-15)25-26-20-13-9-17(23-2)10-14-20/h3-5,9-10,13-14,16,18-19,22-23H,6-8,11-12H2,1-2H3,(H,24,27)/b26-25+. The molecule has 1 aromatic rings. The number of carbonyl (C=O) groups is 1. The number of rotatable bonds is 6. The SMILES string of the molecule is CNc1ccc(/N=N/C2C=CC(C(=O)NC3CCC(NC)CC3)=CC2)cc1. The number of nitrogens with one attached hydrogen (secondary N) is 3. The van der Waals surface area contributed by atoms with Crippen molar-refractivity contribution in [2.24, 2.45) is 10.2 Å².